The Morgan fingerprint density at radius 2 is 1.68 bits per heavy atom. The van der Waals surface area contributed by atoms with E-state index in [0.717, 1.165) is 36.2 Å². The van der Waals surface area contributed by atoms with Crippen LogP contribution in [0.4, 0.5) is 17.1 Å². The molecule has 0 radical (unpaired) electrons. The van der Waals surface area contributed by atoms with Gasteiger partial charge in [-0.2, -0.15) is 0 Å². The maximum absolute atomic E-state index is 12.7. The molecule has 9 nitrogen and oxygen atoms in total. The van der Waals surface area contributed by atoms with E-state index in [-0.39, 0.29) is 30.6 Å². The third-order valence-electron chi connectivity index (χ3n) is 7.56. The van der Waals surface area contributed by atoms with Crippen LogP contribution in [0, 0.1) is 0 Å². The Balaban J connectivity index is 1.29. The molecule has 3 atom stereocenters. The van der Waals surface area contributed by atoms with Gasteiger partial charge in [-0.1, -0.05) is 61.0 Å². The Labute approximate surface area is 260 Å². The number of nitrogens with zero attached hydrogens (tertiary/aromatic N) is 1. The number of carbonyl (C=O) groups is 2. The first kappa shape index (κ1) is 32.9. The Morgan fingerprint density at radius 3 is 2.39 bits per heavy atom. The second-order valence-electron chi connectivity index (χ2n) is 11.2. The Hall–Kier alpha value is -4.02. The fourth-order valence-electron chi connectivity index (χ4n) is 5.23. The lowest BCUT2D eigenvalue weighted by Crippen LogP contribution is -2.37. The number of ether oxygens (including phenoxy) is 2. The topological polar surface area (TPSA) is 126 Å². The highest BCUT2D eigenvalue weighted by Crippen LogP contribution is 2.38. The number of unbranched alkanes of at least 4 members (excludes halogenated alkanes) is 2. The lowest BCUT2D eigenvalue weighted by molar-refractivity contribution is -0.252. The molecule has 1 aliphatic rings. The van der Waals surface area contributed by atoms with E-state index >= 15 is 0 Å². The fraction of sp³-hybridized carbons (Fsp3) is 0.371. The van der Waals surface area contributed by atoms with Crippen LogP contribution in [0.2, 0.25) is 0 Å². The zero-order valence-electron chi connectivity index (χ0n) is 25.4. The number of hydrogen-bond acceptors (Lipinski definition) is 7. The molecule has 2 amide bonds. The van der Waals surface area contributed by atoms with Crippen LogP contribution in [0.1, 0.15) is 67.6 Å². The van der Waals surface area contributed by atoms with Gasteiger partial charge in [0.05, 0.1) is 30.2 Å². The number of nitrogens with two attached hydrogens (primary N) is 1. The molecule has 1 aliphatic heterocycles. The number of para-hydroxylation sites is 2. The van der Waals surface area contributed by atoms with Gasteiger partial charge in [0, 0.05) is 43.6 Å². The quantitative estimate of drug-likeness (QED) is 0.0965. The molecular weight excluding hydrogens is 556 g/mol. The molecule has 5 N–H and O–H groups in total. The van der Waals surface area contributed by atoms with Crippen LogP contribution in [0.25, 0.3) is 0 Å². The standard InChI is InChI=1S/C35H44N4O5/c1-3-20-39(2)23-29-22-32(26-18-16-25(24-40)17-19-26)44-35(43-29)27-10-9-11-28(21-27)37-33(41)14-5-4-6-15-34(42)38-31-13-8-7-12-30(31)36/h3,7-13,16-19,21,29,32,35,40H,1,4-6,14-15,20,22-24,36H2,2H3,(H,37,41)(H,38,42)/t29-,32+,35+/m0/s1. The van der Waals surface area contributed by atoms with Gasteiger partial charge in [-0.15, -0.1) is 6.58 Å². The molecule has 234 valence electrons. The summed E-state index contributed by atoms with van der Waals surface area (Å²) in [6.07, 6.45) is 4.54. The van der Waals surface area contributed by atoms with Crippen molar-refractivity contribution in [1.29, 1.82) is 0 Å². The third-order valence-corrected chi connectivity index (χ3v) is 7.56. The summed E-state index contributed by atoms with van der Waals surface area (Å²) in [6, 6.07) is 22.5. The van der Waals surface area contributed by atoms with Crippen molar-refractivity contribution in [2.24, 2.45) is 0 Å². The van der Waals surface area contributed by atoms with E-state index in [1.807, 2.05) is 73.8 Å². The van der Waals surface area contributed by atoms with Crippen molar-refractivity contribution in [2.75, 3.05) is 36.5 Å². The average Bonchev–Trinajstić information content (AvgIpc) is 3.02. The predicted octanol–water partition coefficient (Wildman–Crippen LogP) is 5.95. The third kappa shape index (κ3) is 10.0. The molecule has 0 unspecified atom stereocenters. The molecule has 0 aliphatic carbocycles. The van der Waals surface area contributed by atoms with Crippen molar-refractivity contribution in [2.45, 2.75) is 63.6 Å². The SMILES string of the molecule is C=CCN(C)C[C@@H]1C[C@H](c2ccc(CO)cc2)O[C@H](c2cccc(NC(=O)CCCCCC(=O)Nc3ccccc3N)c2)O1. The van der Waals surface area contributed by atoms with Crippen LogP contribution in [-0.4, -0.2) is 48.1 Å². The van der Waals surface area contributed by atoms with Crippen molar-refractivity contribution >= 4 is 28.9 Å². The molecule has 1 saturated heterocycles. The average molecular weight is 601 g/mol. The smallest absolute Gasteiger partial charge is 0.224 e. The van der Waals surface area contributed by atoms with Crippen LogP contribution >= 0.6 is 0 Å². The van der Waals surface area contributed by atoms with E-state index in [1.165, 1.54) is 0 Å². The first-order valence-electron chi connectivity index (χ1n) is 15.2. The zero-order valence-corrected chi connectivity index (χ0v) is 25.4. The van der Waals surface area contributed by atoms with Gasteiger partial charge in [0.1, 0.15) is 0 Å². The maximum atomic E-state index is 12.7. The van der Waals surface area contributed by atoms with Gasteiger partial charge in [0.2, 0.25) is 11.8 Å². The van der Waals surface area contributed by atoms with Crippen molar-refractivity contribution in [3.05, 3.63) is 102 Å². The van der Waals surface area contributed by atoms with Crippen molar-refractivity contribution in [1.82, 2.24) is 4.90 Å². The number of benzene rings is 3. The van der Waals surface area contributed by atoms with Crippen LogP contribution in [-0.2, 0) is 25.7 Å². The lowest BCUT2D eigenvalue weighted by Gasteiger charge is -2.37. The van der Waals surface area contributed by atoms with Crippen LogP contribution < -0.4 is 16.4 Å². The van der Waals surface area contributed by atoms with Gasteiger partial charge in [0.15, 0.2) is 6.29 Å². The summed E-state index contributed by atoms with van der Waals surface area (Å²) in [6.45, 7) is 5.30. The largest absolute Gasteiger partial charge is 0.397 e. The number of likely N-dealkylation sites (N-methyl/N-ethyl adjacent to an activating group) is 1. The number of nitrogen functional groups attached to an aromatic ring is 1. The van der Waals surface area contributed by atoms with Gasteiger partial charge in [-0.3, -0.25) is 9.59 Å². The number of aliphatic hydroxyl groups excluding tert-OH is 1. The summed E-state index contributed by atoms with van der Waals surface area (Å²) in [4.78, 5) is 27.1. The molecular formula is C35H44N4O5. The van der Waals surface area contributed by atoms with Gasteiger partial charge < -0.3 is 35.8 Å². The minimum Gasteiger partial charge on any atom is -0.397 e. The Morgan fingerprint density at radius 1 is 0.955 bits per heavy atom. The second-order valence-corrected chi connectivity index (χ2v) is 11.2. The van der Waals surface area contributed by atoms with E-state index in [0.29, 0.717) is 49.2 Å². The molecule has 0 aromatic heterocycles. The molecule has 1 heterocycles. The summed E-state index contributed by atoms with van der Waals surface area (Å²) in [5.41, 5.74) is 10.4. The minimum absolute atomic E-state index is 0.00708. The van der Waals surface area contributed by atoms with Crippen LogP contribution in [0.5, 0.6) is 0 Å². The first-order chi connectivity index (χ1) is 21.3. The predicted molar refractivity (Wildman–Crippen MR) is 174 cm³/mol. The van der Waals surface area contributed by atoms with Crippen LogP contribution in [0.15, 0.2) is 85.5 Å². The second kappa shape index (κ2) is 16.7. The molecule has 3 aromatic rings. The number of hydrogen-bond donors (Lipinski definition) is 4. The highest BCUT2D eigenvalue weighted by molar-refractivity contribution is 5.93. The number of aliphatic hydroxyl groups is 1. The first-order valence-corrected chi connectivity index (χ1v) is 15.2. The number of rotatable bonds is 15. The highest BCUT2D eigenvalue weighted by atomic mass is 16.7. The van der Waals surface area contributed by atoms with E-state index in [1.54, 1.807) is 12.1 Å². The van der Waals surface area contributed by atoms with E-state index in [4.69, 9.17) is 15.2 Å². The molecule has 1 fully saturated rings. The Kier molecular flexibility index (Phi) is 12.5. The van der Waals surface area contributed by atoms with Crippen molar-refractivity contribution in [3.63, 3.8) is 0 Å². The lowest BCUT2D eigenvalue weighted by atomic mass is 9.99. The number of amides is 2. The number of carbonyl (C=O) groups excluding carboxylic acids is 2. The van der Waals surface area contributed by atoms with E-state index in [9.17, 15) is 14.7 Å². The number of nitrogens with one attached hydrogen (secondary N) is 2. The number of anilines is 3. The van der Waals surface area contributed by atoms with E-state index < -0.39 is 6.29 Å². The normalized spacial score (nSPS) is 18.1. The van der Waals surface area contributed by atoms with Gasteiger partial charge in [-0.25, -0.2) is 0 Å². The fourth-order valence-corrected chi connectivity index (χ4v) is 5.23. The van der Waals surface area contributed by atoms with E-state index in [2.05, 4.69) is 22.1 Å². The Bertz CT molecular complexity index is 1380. The molecule has 9 heteroatoms. The summed E-state index contributed by atoms with van der Waals surface area (Å²) in [5.74, 6) is -0.171. The molecule has 0 saturated carbocycles. The maximum Gasteiger partial charge on any atom is 0.224 e. The minimum atomic E-state index is -0.609. The molecule has 4 rings (SSSR count). The van der Waals surface area contributed by atoms with Crippen LogP contribution in [0.3, 0.4) is 0 Å². The molecule has 0 bridgehead atoms. The summed E-state index contributed by atoms with van der Waals surface area (Å²) in [5, 5.41) is 15.3. The van der Waals surface area contributed by atoms with Gasteiger partial charge >= 0.3 is 0 Å². The summed E-state index contributed by atoms with van der Waals surface area (Å²) in [7, 11) is 2.03. The monoisotopic (exact) mass is 600 g/mol. The summed E-state index contributed by atoms with van der Waals surface area (Å²) >= 11 is 0. The van der Waals surface area contributed by atoms with Crippen molar-refractivity contribution < 1.29 is 24.2 Å². The van der Waals surface area contributed by atoms with Crippen molar-refractivity contribution in [3.8, 4) is 0 Å². The summed E-state index contributed by atoms with van der Waals surface area (Å²) < 4.78 is 12.9. The molecule has 3 aromatic carbocycles. The molecule has 0 spiro atoms. The highest BCUT2D eigenvalue weighted by Gasteiger charge is 2.32. The zero-order chi connectivity index (χ0) is 31.3. The van der Waals surface area contributed by atoms with Gasteiger partial charge in [-0.05, 0) is 55.3 Å². The molecule has 44 heavy (non-hydrogen) atoms. The van der Waals surface area contributed by atoms with Gasteiger partial charge in [0.25, 0.3) is 0 Å².